The van der Waals surface area contributed by atoms with Gasteiger partial charge in [-0.2, -0.15) is 0 Å². The molecule has 20 heavy (non-hydrogen) atoms. The molecule has 0 bridgehead atoms. The summed E-state index contributed by atoms with van der Waals surface area (Å²) in [5.41, 5.74) is -0.233. The van der Waals surface area contributed by atoms with Crippen molar-refractivity contribution in [2.24, 2.45) is 0 Å². The van der Waals surface area contributed by atoms with Gasteiger partial charge < -0.3 is 19.3 Å². The quantitative estimate of drug-likeness (QED) is 0.362. The molecule has 0 amide bonds. The lowest BCUT2D eigenvalue weighted by Crippen LogP contribution is -2.28. The van der Waals surface area contributed by atoms with Gasteiger partial charge in [0.25, 0.3) is 0 Å². The number of ether oxygens (including phenoxy) is 3. The van der Waals surface area contributed by atoms with E-state index >= 15 is 0 Å². The molecule has 0 aliphatic heterocycles. The second-order valence-corrected chi connectivity index (χ2v) is 4.00. The van der Waals surface area contributed by atoms with Crippen molar-refractivity contribution in [3.63, 3.8) is 0 Å². The minimum atomic E-state index is -1.20. The summed E-state index contributed by atoms with van der Waals surface area (Å²) in [6, 6.07) is 0. The van der Waals surface area contributed by atoms with Crippen molar-refractivity contribution in [2.75, 3.05) is 19.8 Å². The summed E-state index contributed by atoms with van der Waals surface area (Å²) >= 11 is 0. The predicted octanol–water partition coefficient (Wildman–Crippen LogP) is 0.919. The Labute approximate surface area is 117 Å². The van der Waals surface area contributed by atoms with Crippen LogP contribution in [0.15, 0.2) is 12.2 Å². The van der Waals surface area contributed by atoms with E-state index in [9.17, 15) is 14.4 Å². The van der Waals surface area contributed by atoms with Crippen LogP contribution >= 0.6 is 0 Å². The van der Waals surface area contributed by atoms with Crippen LogP contribution in [0, 0.1) is 0 Å². The average Bonchev–Trinajstić information content (AvgIpc) is 2.37. The SMILES string of the molecule is C=C(CC(=O)O)C(=O)OC(C)C(=O)OCCOCCC. The van der Waals surface area contributed by atoms with Crippen molar-refractivity contribution < 1.29 is 33.7 Å². The van der Waals surface area contributed by atoms with E-state index in [-0.39, 0.29) is 18.8 Å². The van der Waals surface area contributed by atoms with Crippen molar-refractivity contribution in [2.45, 2.75) is 32.8 Å². The molecule has 0 radical (unpaired) electrons. The van der Waals surface area contributed by atoms with E-state index in [1.165, 1.54) is 6.92 Å². The molecule has 114 valence electrons. The molecular formula is C13H20O7. The van der Waals surface area contributed by atoms with E-state index in [0.29, 0.717) is 6.61 Å². The standard InChI is InChI=1S/C13H20O7/c1-4-5-18-6-7-19-13(17)10(3)20-12(16)9(2)8-11(14)15/h10H,2,4-8H2,1,3H3,(H,14,15). The molecular weight excluding hydrogens is 268 g/mol. The summed E-state index contributed by atoms with van der Waals surface area (Å²) in [5.74, 6) is -2.85. The molecule has 0 aromatic carbocycles. The van der Waals surface area contributed by atoms with Crippen molar-refractivity contribution in [1.82, 2.24) is 0 Å². The third-order valence-corrected chi connectivity index (χ3v) is 2.09. The summed E-state index contributed by atoms with van der Waals surface area (Å²) < 4.78 is 14.7. The van der Waals surface area contributed by atoms with Gasteiger partial charge in [0.15, 0.2) is 6.10 Å². The Morgan fingerprint density at radius 3 is 2.40 bits per heavy atom. The van der Waals surface area contributed by atoms with Crippen LogP contribution in [0.5, 0.6) is 0 Å². The fourth-order valence-corrected chi connectivity index (χ4v) is 1.11. The highest BCUT2D eigenvalue weighted by Gasteiger charge is 2.21. The zero-order valence-electron chi connectivity index (χ0n) is 11.7. The molecule has 0 spiro atoms. The first-order valence-corrected chi connectivity index (χ1v) is 6.23. The maximum Gasteiger partial charge on any atom is 0.347 e. The van der Waals surface area contributed by atoms with Crippen LogP contribution in [0.2, 0.25) is 0 Å². The van der Waals surface area contributed by atoms with Gasteiger partial charge in [-0.1, -0.05) is 13.5 Å². The summed E-state index contributed by atoms with van der Waals surface area (Å²) in [6.07, 6.45) is -0.793. The van der Waals surface area contributed by atoms with Crippen molar-refractivity contribution in [3.8, 4) is 0 Å². The van der Waals surface area contributed by atoms with Gasteiger partial charge in [0, 0.05) is 12.2 Å². The largest absolute Gasteiger partial charge is 0.481 e. The lowest BCUT2D eigenvalue weighted by atomic mass is 10.2. The number of hydrogen-bond acceptors (Lipinski definition) is 6. The van der Waals surface area contributed by atoms with Gasteiger partial charge in [0.2, 0.25) is 0 Å². The zero-order valence-corrected chi connectivity index (χ0v) is 11.7. The predicted molar refractivity (Wildman–Crippen MR) is 69.0 cm³/mol. The Balaban J connectivity index is 3.97. The van der Waals surface area contributed by atoms with Gasteiger partial charge in [-0.3, -0.25) is 4.79 Å². The van der Waals surface area contributed by atoms with Gasteiger partial charge in [-0.25, -0.2) is 9.59 Å². The van der Waals surface area contributed by atoms with Crippen LogP contribution < -0.4 is 0 Å². The molecule has 1 unspecified atom stereocenters. The van der Waals surface area contributed by atoms with E-state index < -0.39 is 30.4 Å². The first-order valence-electron chi connectivity index (χ1n) is 6.23. The molecule has 7 heteroatoms. The van der Waals surface area contributed by atoms with Gasteiger partial charge >= 0.3 is 17.9 Å². The van der Waals surface area contributed by atoms with Gasteiger partial charge in [-0.15, -0.1) is 0 Å². The summed E-state index contributed by atoms with van der Waals surface area (Å²) in [7, 11) is 0. The second-order valence-electron chi connectivity index (χ2n) is 4.00. The maximum atomic E-state index is 11.5. The summed E-state index contributed by atoms with van der Waals surface area (Å²) in [6.45, 7) is 7.48. The molecule has 0 saturated carbocycles. The van der Waals surface area contributed by atoms with Crippen LogP contribution in [-0.2, 0) is 28.6 Å². The Kier molecular flexibility index (Phi) is 9.02. The number of carbonyl (C=O) groups is 3. The molecule has 0 aromatic rings. The number of aliphatic carboxylic acids is 1. The lowest BCUT2D eigenvalue weighted by Gasteiger charge is -2.13. The number of carbonyl (C=O) groups excluding carboxylic acids is 2. The average molecular weight is 288 g/mol. The van der Waals surface area contributed by atoms with Crippen LogP contribution in [0.4, 0.5) is 0 Å². The minimum Gasteiger partial charge on any atom is -0.481 e. The van der Waals surface area contributed by atoms with Gasteiger partial charge in [0.1, 0.15) is 6.61 Å². The zero-order chi connectivity index (χ0) is 15.5. The molecule has 0 aliphatic rings. The number of carboxylic acid groups (broad SMARTS) is 1. The molecule has 1 N–H and O–H groups in total. The molecule has 0 saturated heterocycles. The van der Waals surface area contributed by atoms with E-state index in [4.69, 9.17) is 19.3 Å². The van der Waals surface area contributed by atoms with Crippen LogP contribution in [0.25, 0.3) is 0 Å². The molecule has 0 aliphatic carbocycles. The Morgan fingerprint density at radius 2 is 1.85 bits per heavy atom. The highest BCUT2D eigenvalue weighted by molar-refractivity contribution is 5.94. The molecule has 0 fully saturated rings. The fourth-order valence-electron chi connectivity index (χ4n) is 1.11. The molecule has 1 atom stereocenters. The Morgan fingerprint density at radius 1 is 1.20 bits per heavy atom. The highest BCUT2D eigenvalue weighted by Crippen LogP contribution is 2.05. The topological polar surface area (TPSA) is 99.1 Å². The van der Waals surface area contributed by atoms with Crippen LogP contribution in [-0.4, -0.2) is 48.9 Å². The Bertz CT molecular complexity index is 362. The number of hydrogen-bond donors (Lipinski definition) is 1. The van der Waals surface area contributed by atoms with Crippen LogP contribution in [0.1, 0.15) is 26.7 Å². The molecule has 0 aromatic heterocycles. The van der Waals surface area contributed by atoms with Crippen molar-refractivity contribution in [1.29, 1.82) is 0 Å². The van der Waals surface area contributed by atoms with E-state index in [1.54, 1.807) is 0 Å². The Hall–Kier alpha value is -1.89. The first-order chi connectivity index (χ1) is 9.38. The monoisotopic (exact) mass is 288 g/mol. The normalized spacial score (nSPS) is 11.5. The minimum absolute atomic E-state index is 0.0663. The fraction of sp³-hybridized carbons (Fsp3) is 0.615. The second kappa shape index (κ2) is 9.96. The molecule has 7 nitrogen and oxygen atoms in total. The smallest absolute Gasteiger partial charge is 0.347 e. The summed E-state index contributed by atoms with van der Waals surface area (Å²) in [5, 5.41) is 8.49. The lowest BCUT2D eigenvalue weighted by molar-refractivity contribution is -0.165. The number of rotatable bonds is 10. The van der Waals surface area contributed by atoms with Crippen LogP contribution in [0.3, 0.4) is 0 Å². The first kappa shape index (κ1) is 18.1. The maximum absolute atomic E-state index is 11.5. The number of carboxylic acids is 1. The third kappa shape index (κ3) is 8.25. The highest BCUT2D eigenvalue weighted by atomic mass is 16.6. The van der Waals surface area contributed by atoms with E-state index in [2.05, 4.69) is 6.58 Å². The summed E-state index contributed by atoms with van der Waals surface area (Å²) in [4.78, 5) is 33.2. The molecule has 0 heterocycles. The molecule has 0 rings (SSSR count). The number of esters is 2. The van der Waals surface area contributed by atoms with Gasteiger partial charge in [-0.05, 0) is 13.3 Å². The third-order valence-electron chi connectivity index (χ3n) is 2.09. The van der Waals surface area contributed by atoms with E-state index in [1.807, 2.05) is 6.92 Å². The van der Waals surface area contributed by atoms with E-state index in [0.717, 1.165) is 6.42 Å². The van der Waals surface area contributed by atoms with Gasteiger partial charge in [0.05, 0.1) is 13.0 Å². The van der Waals surface area contributed by atoms with Crippen molar-refractivity contribution in [3.05, 3.63) is 12.2 Å². The van der Waals surface area contributed by atoms with Crippen molar-refractivity contribution >= 4 is 17.9 Å².